The number of carbonyl (C=O) groups excluding carboxylic acids is 1. The van der Waals surface area contributed by atoms with E-state index in [1.165, 1.54) is 41.1 Å². The van der Waals surface area contributed by atoms with Crippen molar-refractivity contribution in [3.63, 3.8) is 0 Å². The number of hydrogen-bond donors (Lipinski definition) is 2. The van der Waals surface area contributed by atoms with E-state index in [1.54, 1.807) is 11.3 Å². The molecule has 0 saturated carbocycles. The van der Waals surface area contributed by atoms with E-state index < -0.39 is 10.0 Å². The second-order valence-corrected chi connectivity index (χ2v) is 8.63. The number of aryl methyl sites for hydroxylation is 1. The van der Waals surface area contributed by atoms with E-state index in [2.05, 4.69) is 12.2 Å². The molecule has 122 valence electrons. The van der Waals surface area contributed by atoms with Crippen LogP contribution in [-0.2, 0) is 22.9 Å². The van der Waals surface area contributed by atoms with E-state index in [9.17, 15) is 13.2 Å². The highest BCUT2D eigenvalue weighted by molar-refractivity contribution is 7.89. The standard InChI is InChI=1S/C16H18N2O3S2/c1-10-2-7-14-11(8-10)9-15(22-14)16(19)18-12-3-5-13(6-4-12)23(17,20)21/h3-6,9-10H,2,7-8H2,1H3,(H,18,19)(H2,17,20,21)/t10-/m0/s1. The SMILES string of the molecule is C[C@H]1CCc2sc(C(=O)Nc3ccc(S(N)(=O)=O)cc3)cc2C1. The molecule has 2 aromatic rings. The molecule has 0 bridgehead atoms. The normalized spacial score (nSPS) is 17.6. The predicted octanol–water partition coefficient (Wildman–Crippen LogP) is 2.77. The zero-order chi connectivity index (χ0) is 16.6. The molecule has 1 atom stereocenters. The molecule has 1 amide bonds. The second-order valence-electron chi connectivity index (χ2n) is 5.93. The van der Waals surface area contributed by atoms with Gasteiger partial charge in [-0.15, -0.1) is 11.3 Å². The number of carbonyl (C=O) groups is 1. The average molecular weight is 350 g/mol. The van der Waals surface area contributed by atoms with Gasteiger partial charge in [0, 0.05) is 10.6 Å². The van der Waals surface area contributed by atoms with Crippen LogP contribution in [-0.4, -0.2) is 14.3 Å². The van der Waals surface area contributed by atoms with E-state index in [-0.39, 0.29) is 10.8 Å². The number of nitrogens with one attached hydrogen (secondary N) is 1. The Morgan fingerprint density at radius 2 is 2.00 bits per heavy atom. The van der Waals surface area contributed by atoms with E-state index in [0.717, 1.165) is 12.8 Å². The molecule has 1 aromatic carbocycles. The molecule has 0 aliphatic heterocycles. The minimum Gasteiger partial charge on any atom is -0.321 e. The monoisotopic (exact) mass is 350 g/mol. The number of amides is 1. The highest BCUT2D eigenvalue weighted by Gasteiger charge is 2.20. The molecule has 23 heavy (non-hydrogen) atoms. The Morgan fingerprint density at radius 3 is 2.65 bits per heavy atom. The van der Waals surface area contributed by atoms with Crippen molar-refractivity contribution in [2.75, 3.05) is 5.32 Å². The van der Waals surface area contributed by atoms with Crippen molar-refractivity contribution in [1.82, 2.24) is 0 Å². The minimum absolute atomic E-state index is 0.0241. The third-order valence-electron chi connectivity index (χ3n) is 3.99. The zero-order valence-corrected chi connectivity index (χ0v) is 14.3. The van der Waals surface area contributed by atoms with Crippen molar-refractivity contribution in [3.8, 4) is 0 Å². The fourth-order valence-electron chi connectivity index (χ4n) is 2.74. The van der Waals surface area contributed by atoms with Gasteiger partial charge >= 0.3 is 0 Å². The first-order chi connectivity index (χ1) is 10.8. The van der Waals surface area contributed by atoms with Crippen molar-refractivity contribution in [1.29, 1.82) is 0 Å². The Balaban J connectivity index is 1.75. The van der Waals surface area contributed by atoms with Crippen LogP contribution in [0.3, 0.4) is 0 Å². The lowest BCUT2D eigenvalue weighted by atomic mass is 9.90. The molecular weight excluding hydrogens is 332 g/mol. The van der Waals surface area contributed by atoms with Crippen LogP contribution in [0.1, 0.15) is 33.5 Å². The maximum atomic E-state index is 12.4. The fourth-order valence-corrected chi connectivity index (χ4v) is 4.36. The fraction of sp³-hybridized carbons (Fsp3) is 0.312. The van der Waals surface area contributed by atoms with Crippen LogP contribution in [0.25, 0.3) is 0 Å². The molecular formula is C16H18N2O3S2. The first-order valence-electron chi connectivity index (χ1n) is 7.39. The Morgan fingerprint density at radius 1 is 1.30 bits per heavy atom. The minimum atomic E-state index is -3.72. The number of thiophene rings is 1. The van der Waals surface area contributed by atoms with E-state index >= 15 is 0 Å². The van der Waals surface area contributed by atoms with Crippen LogP contribution in [0.5, 0.6) is 0 Å². The van der Waals surface area contributed by atoms with Gasteiger partial charge < -0.3 is 5.32 Å². The number of nitrogens with two attached hydrogens (primary N) is 1. The van der Waals surface area contributed by atoms with Gasteiger partial charge in [0.05, 0.1) is 9.77 Å². The summed E-state index contributed by atoms with van der Waals surface area (Å²) in [6.45, 7) is 2.23. The number of anilines is 1. The molecule has 0 spiro atoms. The molecule has 0 radical (unpaired) electrons. The molecule has 3 N–H and O–H groups in total. The number of sulfonamides is 1. The molecule has 7 heteroatoms. The molecule has 0 fully saturated rings. The van der Waals surface area contributed by atoms with Gasteiger partial charge in [-0.25, -0.2) is 13.6 Å². The van der Waals surface area contributed by atoms with Crippen LogP contribution in [0.15, 0.2) is 35.2 Å². The summed E-state index contributed by atoms with van der Waals surface area (Å²) in [6.07, 6.45) is 3.24. The highest BCUT2D eigenvalue weighted by Crippen LogP contribution is 2.32. The summed E-state index contributed by atoms with van der Waals surface area (Å²) in [5, 5.41) is 7.85. The third-order valence-corrected chi connectivity index (χ3v) is 6.16. The summed E-state index contributed by atoms with van der Waals surface area (Å²) in [4.78, 5) is 14.4. The molecule has 3 rings (SSSR count). The molecule has 0 unspecified atom stereocenters. The summed E-state index contributed by atoms with van der Waals surface area (Å²) in [6, 6.07) is 7.81. The Kier molecular flexibility index (Phi) is 4.27. The van der Waals surface area contributed by atoms with Crippen LogP contribution >= 0.6 is 11.3 Å². The summed E-state index contributed by atoms with van der Waals surface area (Å²) in [5.74, 6) is 0.499. The number of rotatable bonds is 3. The quantitative estimate of drug-likeness (QED) is 0.892. The molecule has 1 aliphatic rings. The van der Waals surface area contributed by atoms with Gasteiger partial charge in [-0.05, 0) is 61.1 Å². The molecule has 5 nitrogen and oxygen atoms in total. The first-order valence-corrected chi connectivity index (χ1v) is 9.75. The number of primary sulfonamides is 1. The lowest BCUT2D eigenvalue weighted by molar-refractivity contribution is 0.103. The number of benzene rings is 1. The van der Waals surface area contributed by atoms with Crippen LogP contribution in [0.4, 0.5) is 5.69 Å². The summed E-state index contributed by atoms with van der Waals surface area (Å²) < 4.78 is 22.4. The molecule has 1 aliphatic carbocycles. The summed E-state index contributed by atoms with van der Waals surface area (Å²) in [5.41, 5.74) is 1.82. The Labute approximate surface area is 139 Å². The van der Waals surface area contributed by atoms with Gasteiger partial charge in [0.2, 0.25) is 10.0 Å². The van der Waals surface area contributed by atoms with Gasteiger partial charge in [-0.3, -0.25) is 4.79 Å². The maximum Gasteiger partial charge on any atom is 0.265 e. The van der Waals surface area contributed by atoms with Crippen molar-refractivity contribution >= 4 is 33.0 Å². The van der Waals surface area contributed by atoms with E-state index in [1.807, 2.05) is 6.07 Å². The molecule has 1 heterocycles. The van der Waals surface area contributed by atoms with E-state index in [4.69, 9.17) is 5.14 Å². The Hall–Kier alpha value is -1.70. The predicted molar refractivity (Wildman–Crippen MR) is 91.3 cm³/mol. The van der Waals surface area contributed by atoms with E-state index in [0.29, 0.717) is 16.5 Å². The van der Waals surface area contributed by atoms with Gasteiger partial charge in [0.15, 0.2) is 0 Å². The third kappa shape index (κ3) is 3.63. The smallest absolute Gasteiger partial charge is 0.265 e. The van der Waals surface area contributed by atoms with Crippen molar-refractivity contribution in [2.45, 2.75) is 31.1 Å². The maximum absolute atomic E-state index is 12.4. The van der Waals surface area contributed by atoms with Crippen LogP contribution < -0.4 is 10.5 Å². The summed E-state index contributed by atoms with van der Waals surface area (Å²) in [7, 11) is -3.72. The topological polar surface area (TPSA) is 89.3 Å². The molecule has 1 aromatic heterocycles. The van der Waals surface area contributed by atoms with Crippen molar-refractivity contribution < 1.29 is 13.2 Å². The summed E-state index contributed by atoms with van der Waals surface area (Å²) >= 11 is 1.54. The van der Waals surface area contributed by atoms with Crippen LogP contribution in [0, 0.1) is 5.92 Å². The second kappa shape index (κ2) is 6.07. The number of fused-ring (bicyclic) bond motifs is 1. The van der Waals surface area contributed by atoms with Crippen molar-refractivity contribution in [3.05, 3.63) is 45.6 Å². The highest BCUT2D eigenvalue weighted by atomic mass is 32.2. The Bertz CT molecular complexity index is 839. The van der Waals surface area contributed by atoms with Crippen LogP contribution in [0.2, 0.25) is 0 Å². The number of hydrogen-bond acceptors (Lipinski definition) is 4. The lowest BCUT2D eigenvalue weighted by Crippen LogP contribution is -2.13. The molecule has 0 saturated heterocycles. The lowest BCUT2D eigenvalue weighted by Gasteiger charge is -2.16. The van der Waals surface area contributed by atoms with Gasteiger partial charge in [-0.1, -0.05) is 6.92 Å². The first kappa shape index (κ1) is 16.2. The van der Waals surface area contributed by atoms with Crippen molar-refractivity contribution in [2.24, 2.45) is 11.1 Å². The van der Waals surface area contributed by atoms with Gasteiger partial charge in [-0.2, -0.15) is 0 Å². The van der Waals surface area contributed by atoms with Gasteiger partial charge in [0.25, 0.3) is 5.91 Å². The largest absolute Gasteiger partial charge is 0.321 e. The van der Waals surface area contributed by atoms with Gasteiger partial charge in [0.1, 0.15) is 0 Å². The zero-order valence-electron chi connectivity index (χ0n) is 12.7. The average Bonchev–Trinajstić information content (AvgIpc) is 2.90.